The van der Waals surface area contributed by atoms with E-state index in [1.807, 2.05) is 13.8 Å². The van der Waals surface area contributed by atoms with Crippen LogP contribution >= 0.6 is 0 Å². The minimum absolute atomic E-state index is 0.133. The van der Waals surface area contributed by atoms with Gasteiger partial charge in [0.25, 0.3) is 15.9 Å². The van der Waals surface area contributed by atoms with Crippen molar-refractivity contribution in [1.29, 1.82) is 0 Å². The highest BCUT2D eigenvalue weighted by atomic mass is 32.2. The zero-order valence-electron chi connectivity index (χ0n) is 9.88. The van der Waals surface area contributed by atoms with Gasteiger partial charge in [-0.3, -0.25) is 4.79 Å². The highest BCUT2D eigenvalue weighted by molar-refractivity contribution is 7.90. The van der Waals surface area contributed by atoms with Crippen molar-refractivity contribution in [3.05, 3.63) is 29.8 Å². The second-order valence-electron chi connectivity index (χ2n) is 4.56. The lowest BCUT2D eigenvalue weighted by Crippen LogP contribution is -2.31. The summed E-state index contributed by atoms with van der Waals surface area (Å²) in [6.07, 6.45) is 0.680. The van der Waals surface area contributed by atoms with E-state index in [1.165, 1.54) is 6.07 Å². The minimum atomic E-state index is -3.61. The third-order valence-electron chi connectivity index (χ3n) is 2.82. The van der Waals surface area contributed by atoms with Crippen molar-refractivity contribution in [2.24, 2.45) is 5.92 Å². The van der Waals surface area contributed by atoms with Gasteiger partial charge in [0.05, 0.1) is 5.56 Å². The largest absolute Gasteiger partial charge is 0.269 e. The number of hydrogen-bond acceptors (Lipinski definition) is 3. The molecule has 0 saturated heterocycles. The first-order valence-corrected chi connectivity index (χ1v) is 7.04. The normalized spacial score (nSPS) is 17.6. The van der Waals surface area contributed by atoms with Crippen LogP contribution in [0.4, 0.5) is 0 Å². The standard InChI is InChI=1S/C12H15NO3S/c1-9(2)7-8-13-12(14)10-5-3-4-6-11(10)17(13,15)16/h3-6,9H,7-8H2,1-2H3. The van der Waals surface area contributed by atoms with Crippen molar-refractivity contribution in [3.8, 4) is 0 Å². The summed E-state index contributed by atoms with van der Waals surface area (Å²) in [5.41, 5.74) is 0.288. The number of nitrogens with zero attached hydrogens (tertiary/aromatic N) is 1. The van der Waals surface area contributed by atoms with Crippen molar-refractivity contribution in [2.75, 3.05) is 6.54 Å². The molecule has 0 unspecified atom stereocenters. The van der Waals surface area contributed by atoms with Crippen LogP contribution in [0.5, 0.6) is 0 Å². The second-order valence-corrected chi connectivity index (χ2v) is 6.39. The molecule has 1 heterocycles. The van der Waals surface area contributed by atoms with Crippen molar-refractivity contribution in [2.45, 2.75) is 25.2 Å². The van der Waals surface area contributed by atoms with E-state index in [0.717, 1.165) is 4.31 Å². The summed E-state index contributed by atoms with van der Waals surface area (Å²) >= 11 is 0. The lowest BCUT2D eigenvalue weighted by atomic mass is 10.1. The fraction of sp³-hybridized carbons (Fsp3) is 0.417. The Bertz CT molecular complexity index is 549. The highest BCUT2D eigenvalue weighted by Gasteiger charge is 2.40. The number of carbonyl (C=O) groups is 1. The molecule has 1 amide bonds. The zero-order chi connectivity index (χ0) is 12.6. The first-order chi connectivity index (χ1) is 7.94. The maximum absolute atomic E-state index is 12.1. The van der Waals surface area contributed by atoms with Gasteiger partial charge in [0.1, 0.15) is 4.90 Å². The van der Waals surface area contributed by atoms with Crippen LogP contribution in [0, 0.1) is 5.92 Å². The van der Waals surface area contributed by atoms with E-state index in [-0.39, 0.29) is 17.0 Å². The van der Waals surface area contributed by atoms with Crippen LogP contribution in [-0.4, -0.2) is 25.2 Å². The smallest absolute Gasteiger partial charge is 0.268 e. The molecule has 4 nitrogen and oxygen atoms in total. The Hall–Kier alpha value is -1.36. The zero-order valence-corrected chi connectivity index (χ0v) is 10.7. The fourth-order valence-electron chi connectivity index (χ4n) is 1.83. The molecule has 0 aliphatic carbocycles. The van der Waals surface area contributed by atoms with Gasteiger partial charge >= 0.3 is 0 Å². The SMILES string of the molecule is CC(C)CCN1C(=O)c2ccccc2S1(=O)=O. The summed E-state index contributed by atoms with van der Waals surface area (Å²) in [6.45, 7) is 4.26. The molecule has 0 radical (unpaired) electrons. The molecule has 0 bridgehead atoms. The van der Waals surface area contributed by atoms with Gasteiger partial charge in [0.15, 0.2) is 0 Å². The molecule has 0 spiro atoms. The molecule has 0 aromatic heterocycles. The van der Waals surface area contributed by atoms with E-state index in [0.29, 0.717) is 12.3 Å². The number of benzene rings is 1. The summed E-state index contributed by atoms with van der Waals surface area (Å²) in [5, 5.41) is 0. The third kappa shape index (κ3) is 1.95. The molecule has 0 fully saturated rings. The Labute approximate surface area is 101 Å². The first-order valence-electron chi connectivity index (χ1n) is 5.60. The molecule has 1 aliphatic heterocycles. The highest BCUT2D eigenvalue weighted by Crippen LogP contribution is 2.30. The van der Waals surface area contributed by atoms with Crippen LogP contribution in [0.25, 0.3) is 0 Å². The van der Waals surface area contributed by atoms with Crippen molar-refractivity contribution < 1.29 is 13.2 Å². The Morgan fingerprint density at radius 3 is 2.47 bits per heavy atom. The Balaban J connectivity index is 2.38. The van der Waals surface area contributed by atoms with Crippen LogP contribution in [0.1, 0.15) is 30.6 Å². The summed E-state index contributed by atoms with van der Waals surface area (Å²) in [6, 6.07) is 6.36. The molecule has 0 atom stereocenters. The van der Waals surface area contributed by atoms with E-state index < -0.39 is 15.9 Å². The van der Waals surface area contributed by atoms with E-state index in [2.05, 4.69) is 0 Å². The molecule has 17 heavy (non-hydrogen) atoms. The number of amides is 1. The van der Waals surface area contributed by atoms with Gasteiger partial charge in [0, 0.05) is 6.54 Å². The van der Waals surface area contributed by atoms with Crippen molar-refractivity contribution in [1.82, 2.24) is 4.31 Å². The number of sulfonamides is 1. The average molecular weight is 253 g/mol. The van der Waals surface area contributed by atoms with Gasteiger partial charge in [-0.05, 0) is 24.5 Å². The van der Waals surface area contributed by atoms with Crippen LogP contribution < -0.4 is 0 Å². The van der Waals surface area contributed by atoms with E-state index >= 15 is 0 Å². The van der Waals surface area contributed by atoms with Crippen LogP contribution in [0.3, 0.4) is 0 Å². The van der Waals surface area contributed by atoms with Gasteiger partial charge in [-0.25, -0.2) is 12.7 Å². The summed E-state index contributed by atoms with van der Waals surface area (Å²) in [7, 11) is -3.61. The molecule has 1 aromatic carbocycles. The fourth-order valence-corrected chi connectivity index (χ4v) is 3.41. The third-order valence-corrected chi connectivity index (χ3v) is 4.66. The Kier molecular flexibility index (Phi) is 2.95. The maximum Gasteiger partial charge on any atom is 0.269 e. The second kappa shape index (κ2) is 4.14. The van der Waals surface area contributed by atoms with Gasteiger partial charge in [-0.1, -0.05) is 26.0 Å². The van der Waals surface area contributed by atoms with Crippen LogP contribution in [0.15, 0.2) is 29.2 Å². The lowest BCUT2D eigenvalue weighted by molar-refractivity contribution is 0.0867. The Morgan fingerprint density at radius 1 is 1.24 bits per heavy atom. The monoisotopic (exact) mass is 253 g/mol. The molecule has 2 rings (SSSR count). The van der Waals surface area contributed by atoms with Crippen molar-refractivity contribution in [3.63, 3.8) is 0 Å². The number of fused-ring (bicyclic) bond motifs is 1. The van der Waals surface area contributed by atoms with Gasteiger partial charge in [-0.15, -0.1) is 0 Å². The van der Waals surface area contributed by atoms with Gasteiger partial charge in [0.2, 0.25) is 0 Å². The van der Waals surface area contributed by atoms with Gasteiger partial charge in [-0.2, -0.15) is 0 Å². The minimum Gasteiger partial charge on any atom is -0.268 e. The van der Waals surface area contributed by atoms with E-state index in [4.69, 9.17) is 0 Å². The molecule has 1 aliphatic rings. The molecular formula is C12H15NO3S. The first kappa shape index (κ1) is 12.1. The number of rotatable bonds is 3. The lowest BCUT2D eigenvalue weighted by Gasteiger charge is -2.15. The van der Waals surface area contributed by atoms with Crippen LogP contribution in [-0.2, 0) is 10.0 Å². The van der Waals surface area contributed by atoms with E-state index in [9.17, 15) is 13.2 Å². The molecule has 0 saturated carbocycles. The quantitative estimate of drug-likeness (QED) is 0.826. The van der Waals surface area contributed by atoms with Crippen molar-refractivity contribution >= 4 is 15.9 Å². The number of carbonyl (C=O) groups excluding carboxylic acids is 1. The number of hydrogen-bond donors (Lipinski definition) is 0. The molecular weight excluding hydrogens is 238 g/mol. The molecule has 1 aromatic rings. The summed E-state index contributed by atoms with van der Waals surface area (Å²) in [4.78, 5) is 12.1. The predicted octanol–water partition coefficient (Wildman–Crippen LogP) is 1.88. The van der Waals surface area contributed by atoms with Gasteiger partial charge < -0.3 is 0 Å². The summed E-state index contributed by atoms with van der Waals surface area (Å²) in [5.74, 6) is -0.0389. The topological polar surface area (TPSA) is 54.5 Å². The van der Waals surface area contributed by atoms with E-state index in [1.54, 1.807) is 18.2 Å². The molecule has 5 heteroatoms. The molecule has 92 valence electrons. The summed E-state index contributed by atoms with van der Waals surface area (Å²) < 4.78 is 25.2. The maximum atomic E-state index is 12.1. The Morgan fingerprint density at radius 2 is 1.88 bits per heavy atom. The van der Waals surface area contributed by atoms with Crippen LogP contribution in [0.2, 0.25) is 0 Å². The molecule has 0 N–H and O–H groups in total. The predicted molar refractivity (Wildman–Crippen MR) is 64.1 cm³/mol. The average Bonchev–Trinajstić information content (AvgIpc) is 2.46.